The molecule has 2 heteroatoms. The monoisotopic (exact) mass is 115 g/mol. The molecule has 1 fully saturated rings. The average Bonchev–Trinajstić information content (AvgIpc) is 2.48. The molecule has 0 aromatic rings. The summed E-state index contributed by atoms with van der Waals surface area (Å²) in [7, 11) is 0. The summed E-state index contributed by atoms with van der Waals surface area (Å²) < 4.78 is 0. The van der Waals surface area contributed by atoms with Crippen LogP contribution in [0, 0.1) is 11.8 Å². The van der Waals surface area contributed by atoms with E-state index in [-0.39, 0.29) is 0 Å². The summed E-state index contributed by atoms with van der Waals surface area (Å²) in [6.45, 7) is 1.14. The van der Waals surface area contributed by atoms with Crippen LogP contribution in [0.5, 0.6) is 0 Å². The van der Waals surface area contributed by atoms with Crippen molar-refractivity contribution >= 4 is 0 Å². The highest BCUT2D eigenvalue weighted by molar-refractivity contribution is 4.85. The van der Waals surface area contributed by atoms with Crippen molar-refractivity contribution < 1.29 is 5.11 Å². The van der Waals surface area contributed by atoms with E-state index in [9.17, 15) is 0 Å². The van der Waals surface area contributed by atoms with Crippen molar-refractivity contribution in [2.75, 3.05) is 13.2 Å². The van der Waals surface area contributed by atoms with E-state index in [0.717, 1.165) is 18.9 Å². The lowest BCUT2D eigenvalue weighted by atomic mass is 10.2. The van der Waals surface area contributed by atoms with Crippen molar-refractivity contribution in [2.24, 2.45) is 17.6 Å². The van der Waals surface area contributed by atoms with Crippen molar-refractivity contribution in [1.82, 2.24) is 0 Å². The summed E-state index contributed by atoms with van der Waals surface area (Å²) in [5.74, 6) is 1.35. The molecule has 3 N–H and O–H groups in total. The van der Waals surface area contributed by atoms with Gasteiger partial charge in [0, 0.05) is 6.61 Å². The quantitative estimate of drug-likeness (QED) is 0.542. The molecule has 0 radical (unpaired) electrons. The highest BCUT2D eigenvalue weighted by Crippen LogP contribution is 2.39. The number of rotatable bonds is 3. The van der Waals surface area contributed by atoms with Crippen LogP contribution in [0.3, 0.4) is 0 Å². The Morgan fingerprint density at radius 2 is 2.25 bits per heavy atom. The maximum absolute atomic E-state index is 8.56. The molecule has 1 aliphatic rings. The molecule has 0 bridgehead atoms. The van der Waals surface area contributed by atoms with Crippen LogP contribution in [0.15, 0.2) is 0 Å². The Morgan fingerprint density at radius 1 is 1.50 bits per heavy atom. The lowest BCUT2D eigenvalue weighted by Gasteiger charge is -1.90. The van der Waals surface area contributed by atoms with Crippen molar-refractivity contribution in [2.45, 2.75) is 12.8 Å². The summed E-state index contributed by atoms with van der Waals surface area (Å²) in [6.07, 6.45) is 2.30. The first-order valence-electron chi connectivity index (χ1n) is 3.19. The molecule has 0 aliphatic heterocycles. The van der Waals surface area contributed by atoms with Gasteiger partial charge in [-0.15, -0.1) is 0 Å². The zero-order valence-corrected chi connectivity index (χ0v) is 5.01. The molecule has 2 atom stereocenters. The van der Waals surface area contributed by atoms with Crippen LogP contribution in [0.1, 0.15) is 12.8 Å². The van der Waals surface area contributed by atoms with Crippen molar-refractivity contribution in [3.63, 3.8) is 0 Å². The Hall–Kier alpha value is -0.0800. The van der Waals surface area contributed by atoms with Crippen LogP contribution >= 0.6 is 0 Å². The molecule has 0 saturated heterocycles. The number of aliphatic hydroxyl groups is 1. The second-order valence-electron chi connectivity index (χ2n) is 2.52. The van der Waals surface area contributed by atoms with Crippen molar-refractivity contribution in [1.29, 1.82) is 0 Å². The summed E-state index contributed by atoms with van der Waals surface area (Å²) in [6, 6.07) is 0. The summed E-state index contributed by atoms with van der Waals surface area (Å²) in [4.78, 5) is 0. The van der Waals surface area contributed by atoms with E-state index in [2.05, 4.69) is 0 Å². The largest absolute Gasteiger partial charge is 0.396 e. The number of nitrogens with two attached hydrogens (primary N) is 1. The fraction of sp³-hybridized carbons (Fsp3) is 1.00. The van der Waals surface area contributed by atoms with E-state index >= 15 is 0 Å². The molecular formula is C6H13NO. The fourth-order valence-corrected chi connectivity index (χ4v) is 1.10. The Bertz CT molecular complexity index is 74.9. The molecule has 0 unspecified atom stereocenters. The van der Waals surface area contributed by atoms with E-state index in [1.54, 1.807) is 0 Å². The average molecular weight is 115 g/mol. The van der Waals surface area contributed by atoms with Crippen LogP contribution in [-0.4, -0.2) is 18.3 Å². The third kappa shape index (κ3) is 1.20. The first-order chi connectivity index (χ1) is 3.88. The van der Waals surface area contributed by atoms with Crippen LogP contribution in [0.25, 0.3) is 0 Å². The molecule has 48 valence electrons. The minimum atomic E-state index is 0.366. The Morgan fingerprint density at radius 3 is 2.62 bits per heavy atom. The van der Waals surface area contributed by atoms with Crippen LogP contribution in [-0.2, 0) is 0 Å². The van der Waals surface area contributed by atoms with Crippen molar-refractivity contribution in [3.8, 4) is 0 Å². The van der Waals surface area contributed by atoms with E-state index in [1.165, 1.54) is 6.42 Å². The van der Waals surface area contributed by atoms with Crippen LogP contribution in [0.2, 0.25) is 0 Å². The molecule has 8 heavy (non-hydrogen) atoms. The van der Waals surface area contributed by atoms with E-state index < -0.39 is 0 Å². The lowest BCUT2D eigenvalue weighted by Crippen LogP contribution is -2.00. The predicted molar refractivity (Wildman–Crippen MR) is 32.4 cm³/mol. The van der Waals surface area contributed by atoms with Crippen LogP contribution in [0.4, 0.5) is 0 Å². The molecule has 1 rings (SSSR count). The normalized spacial score (nSPS) is 35.2. The SMILES string of the molecule is NCC[C@@H]1C[C@H]1CO. The smallest absolute Gasteiger partial charge is 0.0462 e. The number of hydrogen-bond acceptors (Lipinski definition) is 2. The molecule has 2 nitrogen and oxygen atoms in total. The van der Waals surface area contributed by atoms with Gasteiger partial charge >= 0.3 is 0 Å². The molecule has 1 aliphatic carbocycles. The molecule has 0 spiro atoms. The van der Waals surface area contributed by atoms with E-state index in [0.29, 0.717) is 12.5 Å². The predicted octanol–water partition coefficient (Wildman–Crippen LogP) is -0.0364. The Labute approximate surface area is 49.7 Å². The second kappa shape index (κ2) is 2.46. The van der Waals surface area contributed by atoms with Gasteiger partial charge in [0.15, 0.2) is 0 Å². The first kappa shape index (κ1) is 6.05. The minimum absolute atomic E-state index is 0.366. The Balaban J connectivity index is 1.99. The molecule has 0 heterocycles. The molecule has 0 amide bonds. The Kier molecular flexibility index (Phi) is 1.86. The summed E-state index contributed by atoms with van der Waals surface area (Å²) >= 11 is 0. The van der Waals surface area contributed by atoms with Gasteiger partial charge in [-0.3, -0.25) is 0 Å². The third-order valence-electron chi connectivity index (χ3n) is 1.84. The van der Waals surface area contributed by atoms with E-state index in [4.69, 9.17) is 10.8 Å². The highest BCUT2D eigenvalue weighted by Gasteiger charge is 2.34. The lowest BCUT2D eigenvalue weighted by molar-refractivity contribution is 0.268. The van der Waals surface area contributed by atoms with Gasteiger partial charge in [-0.05, 0) is 31.2 Å². The number of hydrogen-bond donors (Lipinski definition) is 2. The van der Waals surface area contributed by atoms with Crippen LogP contribution < -0.4 is 5.73 Å². The maximum Gasteiger partial charge on any atom is 0.0462 e. The van der Waals surface area contributed by atoms with Crippen molar-refractivity contribution in [3.05, 3.63) is 0 Å². The zero-order valence-electron chi connectivity index (χ0n) is 5.01. The standard InChI is InChI=1S/C6H13NO/c7-2-1-5-3-6(5)4-8/h5-6,8H,1-4,7H2/t5-,6+/m1/s1. The zero-order chi connectivity index (χ0) is 5.98. The number of aliphatic hydroxyl groups excluding tert-OH is 1. The molecule has 1 saturated carbocycles. The van der Waals surface area contributed by atoms with E-state index in [1.807, 2.05) is 0 Å². The second-order valence-corrected chi connectivity index (χ2v) is 2.52. The summed E-state index contributed by atoms with van der Waals surface area (Å²) in [5, 5.41) is 8.56. The molecule has 0 aromatic heterocycles. The highest BCUT2D eigenvalue weighted by atomic mass is 16.3. The van der Waals surface area contributed by atoms with Gasteiger partial charge in [-0.1, -0.05) is 0 Å². The van der Waals surface area contributed by atoms with Gasteiger partial charge in [0.2, 0.25) is 0 Å². The topological polar surface area (TPSA) is 46.2 Å². The van der Waals surface area contributed by atoms with Gasteiger partial charge in [-0.25, -0.2) is 0 Å². The molecular weight excluding hydrogens is 102 g/mol. The maximum atomic E-state index is 8.56. The third-order valence-corrected chi connectivity index (χ3v) is 1.84. The first-order valence-corrected chi connectivity index (χ1v) is 3.19. The van der Waals surface area contributed by atoms with Gasteiger partial charge in [0.1, 0.15) is 0 Å². The minimum Gasteiger partial charge on any atom is -0.396 e. The fourth-order valence-electron chi connectivity index (χ4n) is 1.10. The van der Waals surface area contributed by atoms with Gasteiger partial charge in [-0.2, -0.15) is 0 Å². The summed E-state index contributed by atoms with van der Waals surface area (Å²) in [5.41, 5.74) is 5.30. The van der Waals surface area contributed by atoms with Gasteiger partial charge < -0.3 is 10.8 Å². The van der Waals surface area contributed by atoms with Gasteiger partial charge in [0.05, 0.1) is 0 Å². The van der Waals surface area contributed by atoms with Gasteiger partial charge in [0.25, 0.3) is 0 Å². The molecule has 0 aromatic carbocycles.